The average molecular weight is 346 g/mol. The molecule has 1 atom stereocenters. The van der Waals surface area contributed by atoms with Gasteiger partial charge in [0.2, 0.25) is 0 Å². The summed E-state index contributed by atoms with van der Waals surface area (Å²) in [6.07, 6.45) is 0. The summed E-state index contributed by atoms with van der Waals surface area (Å²) >= 11 is -1.45. The van der Waals surface area contributed by atoms with Gasteiger partial charge in [0.15, 0.2) is 11.1 Å². The second-order valence-electron chi connectivity index (χ2n) is 4.70. The second kappa shape index (κ2) is 13.6. The molecule has 0 saturated heterocycles. The predicted molar refractivity (Wildman–Crippen MR) is 87.9 cm³/mol. The Morgan fingerprint density at radius 1 is 0.870 bits per heavy atom. The molecule has 0 saturated carbocycles. The molecule has 0 aliphatic rings. The van der Waals surface area contributed by atoms with Gasteiger partial charge in [0.25, 0.3) is 0 Å². The maximum atomic E-state index is 11.9. The van der Waals surface area contributed by atoms with E-state index in [1.807, 2.05) is 25.1 Å². The van der Waals surface area contributed by atoms with Crippen LogP contribution in [0.3, 0.4) is 0 Å². The van der Waals surface area contributed by atoms with E-state index < -0.39 is 11.1 Å². The number of benzene rings is 1. The van der Waals surface area contributed by atoms with Gasteiger partial charge in [-0.1, -0.05) is 12.1 Å². The number of rotatable bonds is 14. The summed E-state index contributed by atoms with van der Waals surface area (Å²) in [5.74, 6) is 0. The zero-order valence-electron chi connectivity index (χ0n) is 13.8. The van der Waals surface area contributed by atoms with E-state index in [2.05, 4.69) is 0 Å². The Kier molecular flexibility index (Phi) is 11.9. The lowest BCUT2D eigenvalue weighted by Crippen LogP contribution is -2.13. The van der Waals surface area contributed by atoms with Gasteiger partial charge in [0.1, 0.15) is 0 Å². The molecule has 0 aliphatic heterocycles. The Morgan fingerprint density at radius 2 is 1.43 bits per heavy atom. The van der Waals surface area contributed by atoms with Gasteiger partial charge in [-0.3, -0.25) is 4.18 Å². The third-order valence-electron chi connectivity index (χ3n) is 2.78. The lowest BCUT2D eigenvalue weighted by molar-refractivity contribution is 0.000630. The fraction of sp³-hybridized carbons (Fsp3) is 0.625. The van der Waals surface area contributed by atoms with Gasteiger partial charge in [0, 0.05) is 7.11 Å². The lowest BCUT2D eigenvalue weighted by Gasteiger charge is -2.07. The molecule has 0 aromatic heterocycles. The Balaban J connectivity index is 1.91. The van der Waals surface area contributed by atoms with Crippen LogP contribution in [0.25, 0.3) is 0 Å². The maximum Gasteiger partial charge on any atom is 0.189 e. The number of hydrogen-bond acceptors (Lipinski definition) is 6. The van der Waals surface area contributed by atoms with Gasteiger partial charge in [-0.05, 0) is 24.6 Å². The van der Waals surface area contributed by atoms with Gasteiger partial charge in [0.05, 0.1) is 57.8 Å². The van der Waals surface area contributed by atoms with Crippen LogP contribution in [0.2, 0.25) is 0 Å². The molecule has 0 heterocycles. The summed E-state index contributed by atoms with van der Waals surface area (Å²) in [5, 5.41) is 0. The molecule has 1 aromatic rings. The molecule has 0 N–H and O–H groups in total. The van der Waals surface area contributed by atoms with E-state index in [1.165, 1.54) is 0 Å². The molecule has 23 heavy (non-hydrogen) atoms. The molecule has 7 heteroatoms. The van der Waals surface area contributed by atoms with Gasteiger partial charge >= 0.3 is 0 Å². The normalized spacial score (nSPS) is 12.4. The summed E-state index contributed by atoms with van der Waals surface area (Å²) < 4.78 is 37.9. The van der Waals surface area contributed by atoms with E-state index in [9.17, 15) is 4.21 Å². The summed E-state index contributed by atoms with van der Waals surface area (Å²) in [4.78, 5) is 0.668. The van der Waals surface area contributed by atoms with Crippen molar-refractivity contribution in [1.82, 2.24) is 0 Å². The van der Waals surface area contributed by atoms with Gasteiger partial charge in [-0.15, -0.1) is 0 Å². The van der Waals surface area contributed by atoms with Crippen molar-refractivity contribution in [2.75, 3.05) is 60.0 Å². The number of aryl methyl sites for hydroxylation is 1. The fourth-order valence-electron chi connectivity index (χ4n) is 1.64. The van der Waals surface area contributed by atoms with Crippen molar-refractivity contribution in [3.05, 3.63) is 29.8 Å². The highest BCUT2D eigenvalue weighted by Crippen LogP contribution is 2.09. The average Bonchev–Trinajstić information content (AvgIpc) is 2.55. The van der Waals surface area contributed by atoms with E-state index in [1.54, 1.807) is 13.2 Å². The first-order valence-corrected chi connectivity index (χ1v) is 8.65. The number of methoxy groups -OCH3 is 1. The molecule has 0 fully saturated rings. The van der Waals surface area contributed by atoms with E-state index in [4.69, 9.17) is 23.1 Å². The third-order valence-corrected chi connectivity index (χ3v) is 3.80. The molecule has 132 valence electrons. The molecule has 0 amide bonds. The molecule has 1 unspecified atom stereocenters. The van der Waals surface area contributed by atoms with Crippen molar-refractivity contribution in [3.8, 4) is 0 Å². The van der Waals surface area contributed by atoms with E-state index in [-0.39, 0.29) is 6.61 Å². The smallest absolute Gasteiger partial charge is 0.189 e. The largest absolute Gasteiger partial charge is 0.382 e. The van der Waals surface area contributed by atoms with E-state index in [0.717, 1.165) is 5.56 Å². The van der Waals surface area contributed by atoms with Crippen molar-refractivity contribution in [3.63, 3.8) is 0 Å². The first-order chi connectivity index (χ1) is 11.2. The molecular formula is C16H26O6S. The number of ether oxygens (including phenoxy) is 4. The van der Waals surface area contributed by atoms with Crippen LogP contribution in [0.15, 0.2) is 29.2 Å². The molecule has 1 rings (SSSR count). The van der Waals surface area contributed by atoms with Crippen LogP contribution in [0, 0.1) is 6.92 Å². The predicted octanol–water partition coefficient (Wildman–Crippen LogP) is 1.73. The van der Waals surface area contributed by atoms with Gasteiger partial charge in [-0.25, -0.2) is 4.21 Å². The maximum absolute atomic E-state index is 11.9. The monoisotopic (exact) mass is 346 g/mol. The standard InChI is InChI=1S/C16H26O6S/c1-15-4-3-5-16(14-15)23(17)22-13-12-21-11-10-20-9-8-19-7-6-18-2/h3-5,14H,6-13H2,1-2H3. The van der Waals surface area contributed by atoms with Crippen LogP contribution in [0.4, 0.5) is 0 Å². The Morgan fingerprint density at radius 3 is 2.00 bits per heavy atom. The van der Waals surface area contributed by atoms with Gasteiger partial charge < -0.3 is 18.9 Å². The van der Waals surface area contributed by atoms with Crippen molar-refractivity contribution in [1.29, 1.82) is 0 Å². The fourth-order valence-corrected chi connectivity index (χ4v) is 2.47. The van der Waals surface area contributed by atoms with Crippen LogP contribution >= 0.6 is 0 Å². The zero-order chi connectivity index (χ0) is 16.8. The molecule has 0 spiro atoms. The Bertz CT molecular complexity index is 440. The minimum atomic E-state index is -1.45. The van der Waals surface area contributed by atoms with Crippen LogP contribution in [0.5, 0.6) is 0 Å². The Labute approximate surface area is 140 Å². The quantitative estimate of drug-likeness (QED) is 0.478. The summed E-state index contributed by atoms with van der Waals surface area (Å²) in [5.41, 5.74) is 1.05. The highest BCUT2D eigenvalue weighted by molar-refractivity contribution is 7.80. The molecule has 1 aromatic carbocycles. The second-order valence-corrected chi connectivity index (χ2v) is 5.88. The summed E-state index contributed by atoms with van der Waals surface area (Å²) in [6, 6.07) is 7.44. The topological polar surface area (TPSA) is 63.2 Å². The van der Waals surface area contributed by atoms with Crippen molar-refractivity contribution >= 4 is 11.1 Å². The molecule has 0 aliphatic carbocycles. The zero-order valence-corrected chi connectivity index (χ0v) is 14.6. The van der Waals surface area contributed by atoms with Crippen molar-refractivity contribution < 1.29 is 27.3 Å². The van der Waals surface area contributed by atoms with Crippen LogP contribution in [-0.4, -0.2) is 64.2 Å². The first-order valence-electron chi connectivity index (χ1n) is 7.58. The first kappa shape index (κ1) is 20.2. The highest BCUT2D eigenvalue weighted by atomic mass is 32.2. The summed E-state index contributed by atoms with van der Waals surface area (Å²) in [7, 11) is 1.64. The summed E-state index contributed by atoms with van der Waals surface area (Å²) in [6.45, 7) is 5.81. The minimum absolute atomic E-state index is 0.278. The molecule has 6 nitrogen and oxygen atoms in total. The SMILES string of the molecule is COCCOCCOCCOCCOS(=O)c1cccc(C)c1. The lowest BCUT2D eigenvalue weighted by atomic mass is 10.2. The molecular weight excluding hydrogens is 320 g/mol. The Hall–Kier alpha value is -0.830. The third kappa shape index (κ3) is 10.5. The van der Waals surface area contributed by atoms with Crippen molar-refractivity contribution in [2.45, 2.75) is 11.8 Å². The van der Waals surface area contributed by atoms with Crippen LogP contribution in [0.1, 0.15) is 5.56 Å². The minimum Gasteiger partial charge on any atom is -0.382 e. The molecule has 0 radical (unpaired) electrons. The van der Waals surface area contributed by atoms with Crippen molar-refractivity contribution in [2.24, 2.45) is 0 Å². The van der Waals surface area contributed by atoms with Gasteiger partial charge in [-0.2, -0.15) is 0 Å². The van der Waals surface area contributed by atoms with Crippen LogP contribution in [-0.2, 0) is 34.2 Å². The highest BCUT2D eigenvalue weighted by Gasteiger charge is 2.04. The number of hydrogen-bond donors (Lipinski definition) is 0. The van der Waals surface area contributed by atoms with E-state index >= 15 is 0 Å². The van der Waals surface area contributed by atoms with Crippen LogP contribution < -0.4 is 0 Å². The molecule has 0 bridgehead atoms. The van der Waals surface area contributed by atoms with E-state index in [0.29, 0.717) is 51.1 Å².